The van der Waals surface area contributed by atoms with Crippen molar-refractivity contribution in [3.63, 3.8) is 0 Å². The fraction of sp³-hybridized carbons (Fsp3) is 0.308. The van der Waals surface area contributed by atoms with Gasteiger partial charge in [0.05, 0.1) is 11.3 Å². The molecule has 3 rings (SSSR count). The number of hydrogen-bond acceptors (Lipinski definition) is 3. The summed E-state index contributed by atoms with van der Waals surface area (Å²) in [6.07, 6.45) is 0.232. The molecule has 0 radical (unpaired) electrons. The summed E-state index contributed by atoms with van der Waals surface area (Å²) < 4.78 is 0. The standard InChI is InChI=1S/C13H12N2O4/c1-14-11(17)8-4-2-3-5-9(8)15-10(16)6-7-13(14,15)12(18)19/h2-5H,6-7H2,1H3,(H,18,19). The monoisotopic (exact) mass is 260 g/mol. The Kier molecular flexibility index (Phi) is 2.20. The molecule has 0 aromatic heterocycles. The first-order valence-corrected chi connectivity index (χ1v) is 5.94. The van der Waals surface area contributed by atoms with Crippen LogP contribution in [0.3, 0.4) is 0 Å². The molecule has 1 aromatic rings. The number of nitrogens with zero attached hydrogens (tertiary/aromatic N) is 2. The first kappa shape index (κ1) is 11.7. The Bertz CT molecular complexity index is 612. The summed E-state index contributed by atoms with van der Waals surface area (Å²) in [5, 5.41) is 9.54. The molecular formula is C13H12N2O4. The maximum Gasteiger partial charge on any atom is 0.351 e. The van der Waals surface area contributed by atoms with Crippen molar-refractivity contribution in [3.05, 3.63) is 29.8 Å². The third-order valence-corrected chi connectivity index (χ3v) is 3.88. The Morgan fingerprint density at radius 1 is 1.32 bits per heavy atom. The topological polar surface area (TPSA) is 77.9 Å². The second-order valence-electron chi connectivity index (χ2n) is 4.73. The quantitative estimate of drug-likeness (QED) is 0.805. The number of likely N-dealkylation sites (N-methyl/N-ethyl adjacent to an activating group) is 1. The van der Waals surface area contributed by atoms with E-state index in [1.54, 1.807) is 24.3 Å². The second-order valence-corrected chi connectivity index (χ2v) is 4.73. The minimum Gasteiger partial charge on any atom is -0.478 e. The highest BCUT2D eigenvalue weighted by molar-refractivity contribution is 6.15. The Morgan fingerprint density at radius 3 is 2.68 bits per heavy atom. The average Bonchev–Trinajstić information content (AvgIpc) is 2.75. The Labute approximate surface area is 109 Å². The van der Waals surface area contributed by atoms with E-state index < -0.39 is 11.6 Å². The molecule has 1 fully saturated rings. The van der Waals surface area contributed by atoms with Crippen LogP contribution in [0.15, 0.2) is 24.3 Å². The van der Waals surface area contributed by atoms with Crippen molar-refractivity contribution in [2.75, 3.05) is 11.9 Å². The lowest BCUT2D eigenvalue weighted by Crippen LogP contribution is -2.66. The first-order chi connectivity index (χ1) is 9.00. The van der Waals surface area contributed by atoms with Gasteiger partial charge in [0, 0.05) is 19.9 Å². The van der Waals surface area contributed by atoms with Gasteiger partial charge in [-0.1, -0.05) is 12.1 Å². The second kappa shape index (κ2) is 3.57. The molecule has 2 aliphatic heterocycles. The number of fused-ring (bicyclic) bond motifs is 3. The number of para-hydroxylation sites is 1. The number of benzene rings is 1. The number of amides is 2. The zero-order chi connectivity index (χ0) is 13.8. The normalized spacial score (nSPS) is 25.3. The molecule has 2 aliphatic rings. The van der Waals surface area contributed by atoms with Gasteiger partial charge < -0.3 is 10.0 Å². The molecule has 0 bridgehead atoms. The molecule has 0 saturated carbocycles. The van der Waals surface area contributed by atoms with E-state index in [4.69, 9.17) is 0 Å². The largest absolute Gasteiger partial charge is 0.478 e. The van der Waals surface area contributed by atoms with Crippen LogP contribution < -0.4 is 4.90 Å². The highest BCUT2D eigenvalue weighted by Gasteiger charge is 2.60. The van der Waals surface area contributed by atoms with E-state index in [0.29, 0.717) is 11.3 Å². The van der Waals surface area contributed by atoms with Crippen molar-refractivity contribution >= 4 is 23.5 Å². The van der Waals surface area contributed by atoms with E-state index in [9.17, 15) is 19.5 Å². The number of carbonyl (C=O) groups excluding carboxylic acids is 2. The zero-order valence-corrected chi connectivity index (χ0v) is 10.3. The van der Waals surface area contributed by atoms with Gasteiger partial charge in [0.1, 0.15) is 0 Å². The smallest absolute Gasteiger partial charge is 0.351 e. The van der Waals surface area contributed by atoms with E-state index >= 15 is 0 Å². The maximum atomic E-state index is 12.3. The lowest BCUT2D eigenvalue weighted by molar-refractivity contribution is -0.149. The molecule has 98 valence electrons. The van der Waals surface area contributed by atoms with E-state index in [2.05, 4.69) is 0 Å². The number of rotatable bonds is 1. The van der Waals surface area contributed by atoms with Crippen LogP contribution in [-0.4, -0.2) is 40.5 Å². The van der Waals surface area contributed by atoms with Crippen molar-refractivity contribution in [2.45, 2.75) is 18.5 Å². The van der Waals surface area contributed by atoms with E-state index in [1.165, 1.54) is 11.9 Å². The highest BCUT2D eigenvalue weighted by atomic mass is 16.4. The van der Waals surface area contributed by atoms with Gasteiger partial charge in [-0.05, 0) is 12.1 Å². The van der Waals surface area contributed by atoms with Gasteiger partial charge in [0.25, 0.3) is 5.91 Å². The van der Waals surface area contributed by atoms with E-state index in [0.717, 1.165) is 4.90 Å². The molecule has 1 atom stereocenters. The molecule has 1 saturated heterocycles. The number of anilines is 1. The van der Waals surface area contributed by atoms with Gasteiger partial charge in [0.2, 0.25) is 11.6 Å². The van der Waals surface area contributed by atoms with Crippen LogP contribution in [0.25, 0.3) is 0 Å². The van der Waals surface area contributed by atoms with Crippen molar-refractivity contribution in [1.82, 2.24) is 4.90 Å². The van der Waals surface area contributed by atoms with Crippen LogP contribution in [-0.2, 0) is 9.59 Å². The molecule has 6 heteroatoms. The molecule has 1 N–H and O–H groups in total. The van der Waals surface area contributed by atoms with E-state index in [-0.39, 0.29) is 24.7 Å². The summed E-state index contributed by atoms with van der Waals surface area (Å²) in [6, 6.07) is 6.60. The fourth-order valence-electron chi connectivity index (χ4n) is 2.91. The third-order valence-electron chi connectivity index (χ3n) is 3.88. The van der Waals surface area contributed by atoms with Crippen LogP contribution >= 0.6 is 0 Å². The lowest BCUT2D eigenvalue weighted by atomic mass is 9.97. The van der Waals surface area contributed by atoms with Crippen molar-refractivity contribution in [2.24, 2.45) is 0 Å². The Hall–Kier alpha value is -2.37. The van der Waals surface area contributed by atoms with Crippen molar-refractivity contribution in [3.8, 4) is 0 Å². The minimum atomic E-state index is -1.58. The van der Waals surface area contributed by atoms with Gasteiger partial charge in [0.15, 0.2) is 0 Å². The number of carboxylic acids is 1. The summed E-state index contributed by atoms with van der Waals surface area (Å²) in [4.78, 5) is 38.4. The van der Waals surface area contributed by atoms with Crippen molar-refractivity contribution < 1.29 is 19.5 Å². The highest BCUT2D eigenvalue weighted by Crippen LogP contribution is 2.43. The van der Waals surface area contributed by atoms with Crippen LogP contribution in [0.1, 0.15) is 23.2 Å². The molecule has 2 amide bonds. The predicted octanol–water partition coefficient (Wildman–Crippen LogP) is 0.680. The summed E-state index contributed by atoms with van der Waals surface area (Å²) >= 11 is 0. The first-order valence-electron chi connectivity index (χ1n) is 5.94. The number of aliphatic carboxylic acids is 1. The van der Waals surface area contributed by atoms with E-state index in [1.807, 2.05) is 0 Å². The number of carboxylic acid groups (broad SMARTS) is 1. The number of hydrogen-bond donors (Lipinski definition) is 1. The molecule has 0 spiro atoms. The minimum absolute atomic E-state index is 0.109. The van der Waals surface area contributed by atoms with Crippen LogP contribution in [0.4, 0.5) is 5.69 Å². The van der Waals surface area contributed by atoms with Crippen LogP contribution in [0.2, 0.25) is 0 Å². The Balaban J connectivity index is 2.31. The van der Waals surface area contributed by atoms with Gasteiger partial charge in [-0.15, -0.1) is 0 Å². The summed E-state index contributed by atoms with van der Waals surface area (Å²) in [5.74, 6) is -1.82. The summed E-state index contributed by atoms with van der Waals surface area (Å²) in [5.41, 5.74) is -0.838. The molecule has 19 heavy (non-hydrogen) atoms. The van der Waals surface area contributed by atoms with Crippen LogP contribution in [0.5, 0.6) is 0 Å². The molecule has 6 nitrogen and oxygen atoms in total. The number of carbonyl (C=O) groups is 3. The molecule has 1 unspecified atom stereocenters. The maximum absolute atomic E-state index is 12.3. The SMILES string of the molecule is CN1C(=O)c2ccccc2N2C(=O)CCC12C(=O)O. The summed E-state index contributed by atoms with van der Waals surface area (Å²) in [7, 11) is 1.43. The lowest BCUT2D eigenvalue weighted by Gasteiger charge is -2.45. The Morgan fingerprint density at radius 2 is 2.00 bits per heavy atom. The summed E-state index contributed by atoms with van der Waals surface area (Å²) in [6.45, 7) is 0. The molecule has 0 aliphatic carbocycles. The van der Waals surface area contributed by atoms with Crippen LogP contribution in [0, 0.1) is 0 Å². The van der Waals surface area contributed by atoms with Gasteiger partial charge >= 0.3 is 5.97 Å². The van der Waals surface area contributed by atoms with Gasteiger partial charge in [-0.2, -0.15) is 0 Å². The third kappa shape index (κ3) is 1.23. The molecule has 2 heterocycles. The van der Waals surface area contributed by atoms with Gasteiger partial charge in [-0.25, -0.2) is 4.79 Å². The molecular weight excluding hydrogens is 248 g/mol. The predicted molar refractivity (Wildman–Crippen MR) is 65.6 cm³/mol. The zero-order valence-electron chi connectivity index (χ0n) is 10.3. The van der Waals surface area contributed by atoms with Crippen molar-refractivity contribution in [1.29, 1.82) is 0 Å². The molecule has 1 aromatic carbocycles. The average molecular weight is 260 g/mol. The van der Waals surface area contributed by atoms with Gasteiger partial charge in [-0.3, -0.25) is 14.5 Å². The fourth-order valence-corrected chi connectivity index (χ4v) is 2.91.